The van der Waals surface area contributed by atoms with E-state index in [2.05, 4.69) is 0 Å². The molecule has 0 saturated carbocycles. The number of hydrogen-bond donors (Lipinski definition) is 4. The summed E-state index contributed by atoms with van der Waals surface area (Å²) in [6.07, 6.45) is 1.55. The predicted octanol–water partition coefficient (Wildman–Crippen LogP) is 1.26. The van der Waals surface area contributed by atoms with E-state index in [-0.39, 0.29) is 29.6 Å². The van der Waals surface area contributed by atoms with Gasteiger partial charge in [0.2, 0.25) is 11.6 Å². The van der Waals surface area contributed by atoms with Gasteiger partial charge in [-0.3, -0.25) is 10.1 Å². The average Bonchev–Trinajstić information content (AvgIpc) is 2.58. The molecule has 24 heavy (non-hydrogen) atoms. The van der Waals surface area contributed by atoms with Crippen LogP contribution < -0.4 is 11.1 Å². The minimum Gasteiger partial charge on any atom is -0.404 e. The molecule has 0 heterocycles. The zero-order chi connectivity index (χ0) is 17.5. The Morgan fingerprint density at radius 1 is 1.25 bits per heavy atom. The standard InChI is InChI=1S/C18H18FN3O2/c19-14-4-6-15(7-5-14)22-18(21)16(11-20)17(24)13-3-1-2-12(10-13)8-9-23/h1-7,10-11,23H,8-9,20H2,(H2,21,22)/p+1. The Morgan fingerprint density at radius 2 is 1.96 bits per heavy atom. The normalized spacial score (nSPS) is 11.3. The van der Waals surface area contributed by atoms with E-state index in [4.69, 9.17) is 16.2 Å². The number of carbonyl (C=O) groups is 1. The van der Waals surface area contributed by atoms with Crippen LogP contribution in [0.5, 0.6) is 0 Å². The van der Waals surface area contributed by atoms with Crippen LogP contribution in [-0.4, -0.2) is 23.3 Å². The summed E-state index contributed by atoms with van der Waals surface area (Å²) in [6.45, 7) is -0.00854. The van der Waals surface area contributed by atoms with Crippen molar-refractivity contribution in [3.63, 3.8) is 0 Å². The van der Waals surface area contributed by atoms with Crippen LogP contribution in [0.2, 0.25) is 0 Å². The summed E-state index contributed by atoms with van der Waals surface area (Å²) in [5.74, 6) is -0.799. The number of rotatable bonds is 6. The number of nitrogens with two attached hydrogens (primary N) is 2. The molecule has 0 bridgehead atoms. The van der Waals surface area contributed by atoms with Crippen molar-refractivity contribution in [1.82, 2.24) is 0 Å². The second-order valence-corrected chi connectivity index (χ2v) is 5.19. The summed E-state index contributed by atoms with van der Waals surface area (Å²) >= 11 is 0. The number of benzene rings is 2. The molecule has 0 amide bonds. The van der Waals surface area contributed by atoms with Gasteiger partial charge in [-0.2, -0.15) is 0 Å². The van der Waals surface area contributed by atoms with Gasteiger partial charge in [0.05, 0.1) is 0 Å². The molecular weight excluding hydrogens is 309 g/mol. The maximum atomic E-state index is 12.9. The van der Waals surface area contributed by atoms with Gasteiger partial charge in [-0.25, -0.2) is 9.80 Å². The van der Waals surface area contributed by atoms with Gasteiger partial charge in [-0.1, -0.05) is 18.2 Å². The topological polar surface area (TPSA) is 104 Å². The molecule has 2 aromatic rings. The van der Waals surface area contributed by atoms with Crippen molar-refractivity contribution in [3.8, 4) is 0 Å². The number of quaternary nitrogens is 1. The van der Waals surface area contributed by atoms with E-state index in [0.29, 0.717) is 17.7 Å². The van der Waals surface area contributed by atoms with Crippen LogP contribution >= 0.6 is 0 Å². The molecule has 0 spiro atoms. The molecule has 0 aliphatic heterocycles. The first kappa shape index (κ1) is 17.5. The number of ketones is 1. The summed E-state index contributed by atoms with van der Waals surface area (Å²) in [4.78, 5) is 12.6. The van der Waals surface area contributed by atoms with Gasteiger partial charge in [-0.05, 0) is 30.2 Å². The minimum atomic E-state index is -0.374. The first-order valence-electron chi connectivity index (χ1n) is 7.40. The van der Waals surface area contributed by atoms with E-state index in [1.54, 1.807) is 18.2 Å². The molecule has 6 N–H and O–H groups in total. The second-order valence-electron chi connectivity index (χ2n) is 5.19. The van der Waals surface area contributed by atoms with Crippen molar-refractivity contribution in [1.29, 1.82) is 5.41 Å². The molecule has 0 saturated heterocycles. The van der Waals surface area contributed by atoms with Crippen molar-refractivity contribution >= 4 is 17.3 Å². The van der Waals surface area contributed by atoms with Crippen LogP contribution in [0.1, 0.15) is 15.9 Å². The summed E-state index contributed by atoms with van der Waals surface area (Å²) < 4.78 is 12.9. The first-order chi connectivity index (χ1) is 11.5. The summed E-state index contributed by atoms with van der Waals surface area (Å²) in [5, 5.41) is 18.5. The molecule has 124 valence electrons. The van der Waals surface area contributed by atoms with Gasteiger partial charge in [0.25, 0.3) is 0 Å². The van der Waals surface area contributed by atoms with Crippen molar-refractivity contribution in [2.45, 2.75) is 6.42 Å². The number of aliphatic hydroxyl groups excluding tert-OH is 1. The van der Waals surface area contributed by atoms with Gasteiger partial charge in [0.15, 0.2) is 0 Å². The predicted molar refractivity (Wildman–Crippen MR) is 89.5 cm³/mol. The smallest absolute Gasteiger partial charge is 0.234 e. The van der Waals surface area contributed by atoms with Crippen LogP contribution in [-0.2, 0) is 6.42 Å². The third-order valence-corrected chi connectivity index (χ3v) is 3.47. The van der Waals surface area contributed by atoms with Crippen LogP contribution in [0.15, 0.2) is 60.3 Å². The Balaban J connectivity index is 2.18. The quantitative estimate of drug-likeness (QED) is 0.211. The Kier molecular flexibility index (Phi) is 5.95. The zero-order valence-electron chi connectivity index (χ0n) is 13.0. The Bertz CT molecular complexity index is 770. The molecule has 0 aromatic heterocycles. The van der Waals surface area contributed by atoms with Crippen molar-refractivity contribution in [2.75, 3.05) is 6.61 Å². The number of aliphatic hydroxyl groups is 1. The van der Waals surface area contributed by atoms with Crippen LogP contribution in [0.3, 0.4) is 0 Å². The van der Waals surface area contributed by atoms with Gasteiger partial charge in [0.1, 0.15) is 17.1 Å². The number of halogens is 1. The largest absolute Gasteiger partial charge is 0.404 e. The number of carbonyl (C=O) groups excluding carboxylic acids is 1. The maximum absolute atomic E-state index is 12.9. The summed E-state index contributed by atoms with van der Waals surface area (Å²) in [7, 11) is 0. The van der Waals surface area contributed by atoms with Crippen molar-refractivity contribution in [3.05, 3.63) is 77.2 Å². The van der Waals surface area contributed by atoms with Crippen molar-refractivity contribution in [2.24, 2.45) is 5.73 Å². The molecular formula is C18H19FN3O2+. The van der Waals surface area contributed by atoms with E-state index < -0.39 is 0 Å². The third kappa shape index (κ3) is 4.34. The number of amidine groups is 1. The molecule has 0 aliphatic rings. The maximum Gasteiger partial charge on any atom is 0.234 e. The molecule has 2 aromatic carbocycles. The molecule has 0 radical (unpaired) electrons. The first-order valence-corrected chi connectivity index (χ1v) is 7.40. The molecule has 0 aliphatic carbocycles. The highest BCUT2D eigenvalue weighted by atomic mass is 19.1. The fourth-order valence-electron chi connectivity index (χ4n) is 2.24. The highest BCUT2D eigenvalue weighted by molar-refractivity contribution is 6.24. The average molecular weight is 328 g/mol. The number of hydrogen-bond acceptors (Lipinski definition) is 4. The van der Waals surface area contributed by atoms with E-state index >= 15 is 0 Å². The van der Waals surface area contributed by atoms with E-state index in [0.717, 1.165) is 11.8 Å². The Morgan fingerprint density at radius 3 is 2.58 bits per heavy atom. The third-order valence-electron chi connectivity index (χ3n) is 3.47. The van der Waals surface area contributed by atoms with Gasteiger partial charge < -0.3 is 10.8 Å². The highest BCUT2D eigenvalue weighted by Gasteiger charge is 2.20. The Labute approximate surface area is 139 Å². The number of Topliss-reactive ketones (excluding diaryl/α,β-unsaturated/α-hetero) is 1. The molecule has 5 nitrogen and oxygen atoms in total. The van der Waals surface area contributed by atoms with E-state index in [1.165, 1.54) is 29.6 Å². The van der Waals surface area contributed by atoms with Gasteiger partial charge >= 0.3 is 0 Å². The fourth-order valence-corrected chi connectivity index (χ4v) is 2.24. The molecule has 2 rings (SSSR count). The highest BCUT2D eigenvalue weighted by Crippen LogP contribution is 2.11. The molecule has 0 unspecified atom stereocenters. The molecule has 6 heteroatoms. The van der Waals surface area contributed by atoms with Crippen LogP contribution in [0, 0.1) is 11.2 Å². The van der Waals surface area contributed by atoms with Gasteiger partial charge in [0, 0.05) is 30.5 Å². The van der Waals surface area contributed by atoms with Gasteiger partial charge in [-0.15, -0.1) is 0 Å². The minimum absolute atomic E-state index is 0.00854. The monoisotopic (exact) mass is 328 g/mol. The van der Waals surface area contributed by atoms with Crippen LogP contribution in [0.25, 0.3) is 0 Å². The second kappa shape index (κ2) is 8.14. The lowest BCUT2D eigenvalue weighted by Crippen LogP contribution is -2.82. The lowest BCUT2D eigenvalue weighted by atomic mass is 10.00. The summed E-state index contributed by atoms with van der Waals surface area (Å²) in [6, 6.07) is 12.4. The lowest BCUT2D eigenvalue weighted by molar-refractivity contribution is -0.443. The van der Waals surface area contributed by atoms with E-state index in [9.17, 15) is 9.18 Å². The fraction of sp³-hybridized carbons (Fsp3) is 0.111. The van der Waals surface area contributed by atoms with Crippen LogP contribution in [0.4, 0.5) is 10.1 Å². The molecule has 0 atom stereocenters. The van der Waals surface area contributed by atoms with E-state index in [1.807, 2.05) is 6.07 Å². The molecule has 0 fully saturated rings. The SMILES string of the molecule is N=C([NH2+]c1ccc(F)cc1)C(=CN)C(=O)c1cccc(CCO)c1. The summed E-state index contributed by atoms with van der Waals surface area (Å²) in [5.41, 5.74) is 7.42. The van der Waals surface area contributed by atoms with Crippen molar-refractivity contribution < 1.29 is 19.6 Å². The Hall–Kier alpha value is -2.83. The zero-order valence-corrected chi connectivity index (χ0v) is 13.0. The lowest BCUT2D eigenvalue weighted by Gasteiger charge is -2.07. The number of nitrogens with one attached hydrogen (secondary N) is 1.